The Balaban J connectivity index is 1.94. The molecule has 0 amide bonds. The first kappa shape index (κ1) is 12.6. The number of aryl methyl sites for hydroxylation is 1. The van der Waals surface area contributed by atoms with Gasteiger partial charge in [-0.15, -0.1) is 0 Å². The zero-order valence-electron chi connectivity index (χ0n) is 10.6. The third-order valence-electron chi connectivity index (χ3n) is 2.93. The summed E-state index contributed by atoms with van der Waals surface area (Å²) in [5.74, 6) is 0. The van der Waals surface area contributed by atoms with Gasteiger partial charge in [-0.2, -0.15) is 0 Å². The summed E-state index contributed by atoms with van der Waals surface area (Å²) >= 11 is 0. The molecule has 1 atom stereocenters. The number of benzene rings is 2. The molecule has 0 saturated carbocycles. The monoisotopic (exact) mass is 238 g/mol. The van der Waals surface area contributed by atoms with Gasteiger partial charge in [0.05, 0.1) is 6.10 Å². The summed E-state index contributed by atoms with van der Waals surface area (Å²) in [4.78, 5) is 0. The molecule has 0 saturated heterocycles. The van der Waals surface area contributed by atoms with E-state index < -0.39 is 6.10 Å². The normalized spacial score (nSPS) is 12.8. The summed E-state index contributed by atoms with van der Waals surface area (Å²) in [5.41, 5.74) is 3.35. The van der Waals surface area contributed by atoms with Crippen LogP contribution in [0.5, 0.6) is 0 Å². The molecule has 0 heterocycles. The number of hydrogen-bond acceptors (Lipinski definition) is 1. The van der Waals surface area contributed by atoms with Gasteiger partial charge in [-0.25, -0.2) is 0 Å². The zero-order chi connectivity index (χ0) is 12.8. The van der Waals surface area contributed by atoms with Crippen molar-refractivity contribution in [3.63, 3.8) is 0 Å². The molecule has 0 unspecified atom stereocenters. The van der Waals surface area contributed by atoms with Gasteiger partial charge in [0.15, 0.2) is 0 Å². The van der Waals surface area contributed by atoms with E-state index in [-0.39, 0.29) is 0 Å². The first-order chi connectivity index (χ1) is 8.75. The van der Waals surface area contributed by atoms with Crippen molar-refractivity contribution in [1.29, 1.82) is 0 Å². The van der Waals surface area contributed by atoms with Gasteiger partial charge in [0.25, 0.3) is 0 Å². The molecule has 1 nitrogen and oxygen atoms in total. The number of rotatable bonds is 4. The van der Waals surface area contributed by atoms with Gasteiger partial charge in [0, 0.05) is 0 Å². The molecule has 2 aromatic carbocycles. The molecule has 1 N–H and O–H groups in total. The average molecular weight is 238 g/mol. The lowest BCUT2D eigenvalue weighted by atomic mass is 10.0. The maximum atomic E-state index is 10.0. The lowest BCUT2D eigenvalue weighted by Gasteiger charge is -2.08. The Morgan fingerprint density at radius 2 is 1.67 bits per heavy atom. The SMILES string of the molecule is Cc1ccc([C@@H](O)C/C=C/c2ccccc2)cc1. The van der Waals surface area contributed by atoms with Crippen molar-refractivity contribution in [2.24, 2.45) is 0 Å². The van der Waals surface area contributed by atoms with Gasteiger partial charge in [-0.1, -0.05) is 72.3 Å². The molecule has 18 heavy (non-hydrogen) atoms. The fraction of sp³-hybridized carbons (Fsp3) is 0.176. The largest absolute Gasteiger partial charge is 0.388 e. The highest BCUT2D eigenvalue weighted by atomic mass is 16.3. The Morgan fingerprint density at radius 3 is 2.33 bits per heavy atom. The maximum Gasteiger partial charge on any atom is 0.0824 e. The van der Waals surface area contributed by atoms with Gasteiger partial charge in [-0.05, 0) is 24.5 Å². The molecular weight excluding hydrogens is 220 g/mol. The van der Waals surface area contributed by atoms with E-state index in [1.807, 2.05) is 61.5 Å². The molecule has 0 aliphatic carbocycles. The Kier molecular flexibility index (Phi) is 4.32. The predicted octanol–water partition coefficient (Wildman–Crippen LogP) is 4.13. The van der Waals surface area contributed by atoms with Gasteiger partial charge >= 0.3 is 0 Å². The van der Waals surface area contributed by atoms with Crippen LogP contribution in [0, 0.1) is 6.92 Å². The van der Waals surface area contributed by atoms with E-state index in [0.717, 1.165) is 11.1 Å². The number of aliphatic hydroxyl groups is 1. The Hall–Kier alpha value is -1.86. The van der Waals surface area contributed by atoms with Crippen LogP contribution >= 0.6 is 0 Å². The second kappa shape index (κ2) is 6.18. The summed E-state index contributed by atoms with van der Waals surface area (Å²) < 4.78 is 0. The molecule has 2 rings (SSSR count). The van der Waals surface area contributed by atoms with Crippen LogP contribution < -0.4 is 0 Å². The lowest BCUT2D eigenvalue weighted by molar-refractivity contribution is 0.182. The molecule has 1 heteroatoms. The first-order valence-electron chi connectivity index (χ1n) is 6.22. The minimum Gasteiger partial charge on any atom is -0.388 e. The molecule has 0 aliphatic rings. The van der Waals surface area contributed by atoms with Crippen molar-refractivity contribution in [2.75, 3.05) is 0 Å². The zero-order valence-corrected chi connectivity index (χ0v) is 10.6. The van der Waals surface area contributed by atoms with E-state index in [4.69, 9.17) is 0 Å². The van der Waals surface area contributed by atoms with E-state index in [1.54, 1.807) is 0 Å². The van der Waals surface area contributed by atoms with Crippen molar-refractivity contribution in [3.8, 4) is 0 Å². The van der Waals surface area contributed by atoms with Crippen LogP contribution in [-0.4, -0.2) is 5.11 Å². The van der Waals surface area contributed by atoms with Crippen LogP contribution in [0.1, 0.15) is 29.2 Å². The Bertz CT molecular complexity index is 497. The summed E-state index contributed by atoms with van der Waals surface area (Å²) in [6.45, 7) is 2.05. The highest BCUT2D eigenvalue weighted by molar-refractivity contribution is 5.48. The number of hydrogen-bond donors (Lipinski definition) is 1. The van der Waals surface area contributed by atoms with Crippen molar-refractivity contribution in [1.82, 2.24) is 0 Å². The third kappa shape index (κ3) is 3.57. The van der Waals surface area contributed by atoms with Gasteiger partial charge in [0.1, 0.15) is 0 Å². The summed E-state index contributed by atoms with van der Waals surface area (Å²) in [6.07, 6.45) is 4.26. The highest BCUT2D eigenvalue weighted by Gasteiger charge is 2.04. The van der Waals surface area contributed by atoms with Crippen molar-refractivity contribution in [2.45, 2.75) is 19.4 Å². The summed E-state index contributed by atoms with van der Waals surface area (Å²) in [5, 5.41) is 10.0. The predicted molar refractivity (Wildman–Crippen MR) is 76.2 cm³/mol. The fourth-order valence-corrected chi connectivity index (χ4v) is 1.82. The first-order valence-corrected chi connectivity index (χ1v) is 6.22. The van der Waals surface area contributed by atoms with Crippen LogP contribution in [0.4, 0.5) is 0 Å². The van der Waals surface area contributed by atoms with Crippen molar-refractivity contribution >= 4 is 6.08 Å². The lowest BCUT2D eigenvalue weighted by Crippen LogP contribution is -1.95. The third-order valence-corrected chi connectivity index (χ3v) is 2.93. The van der Waals surface area contributed by atoms with Crippen LogP contribution in [0.25, 0.3) is 6.08 Å². The molecule has 0 spiro atoms. The molecular formula is C17H18O. The van der Waals surface area contributed by atoms with Crippen LogP contribution in [-0.2, 0) is 0 Å². The minimum atomic E-state index is -0.425. The maximum absolute atomic E-state index is 10.0. The number of aliphatic hydroxyl groups excluding tert-OH is 1. The van der Waals surface area contributed by atoms with Crippen molar-refractivity contribution in [3.05, 3.63) is 77.4 Å². The fourth-order valence-electron chi connectivity index (χ4n) is 1.82. The second-order valence-corrected chi connectivity index (χ2v) is 4.48. The molecule has 0 fully saturated rings. The van der Waals surface area contributed by atoms with E-state index >= 15 is 0 Å². The summed E-state index contributed by atoms with van der Waals surface area (Å²) in [6, 6.07) is 18.1. The molecule has 0 radical (unpaired) electrons. The molecule has 92 valence electrons. The minimum absolute atomic E-state index is 0.425. The molecule has 0 aliphatic heterocycles. The van der Waals surface area contributed by atoms with E-state index in [1.165, 1.54) is 5.56 Å². The van der Waals surface area contributed by atoms with E-state index in [0.29, 0.717) is 6.42 Å². The van der Waals surface area contributed by atoms with E-state index in [9.17, 15) is 5.11 Å². The second-order valence-electron chi connectivity index (χ2n) is 4.48. The topological polar surface area (TPSA) is 20.2 Å². The van der Waals surface area contributed by atoms with Crippen LogP contribution in [0.2, 0.25) is 0 Å². The van der Waals surface area contributed by atoms with Gasteiger partial charge in [-0.3, -0.25) is 0 Å². The van der Waals surface area contributed by atoms with Crippen molar-refractivity contribution < 1.29 is 5.11 Å². The molecule has 2 aromatic rings. The van der Waals surface area contributed by atoms with E-state index in [2.05, 4.69) is 12.1 Å². The Morgan fingerprint density at radius 1 is 1.00 bits per heavy atom. The van der Waals surface area contributed by atoms with Crippen LogP contribution in [0.3, 0.4) is 0 Å². The van der Waals surface area contributed by atoms with Crippen LogP contribution in [0.15, 0.2) is 60.7 Å². The highest BCUT2D eigenvalue weighted by Crippen LogP contribution is 2.18. The standard InChI is InChI=1S/C17H18O/c1-14-10-12-16(13-11-14)17(18)9-5-8-15-6-3-2-4-7-15/h2-8,10-13,17-18H,9H2,1H3/b8-5+/t17-/m0/s1. The van der Waals surface area contributed by atoms with Gasteiger partial charge < -0.3 is 5.11 Å². The van der Waals surface area contributed by atoms with Gasteiger partial charge in [0.2, 0.25) is 0 Å². The Labute approximate surface area is 108 Å². The molecule has 0 aromatic heterocycles. The smallest absolute Gasteiger partial charge is 0.0824 e. The quantitative estimate of drug-likeness (QED) is 0.849. The summed E-state index contributed by atoms with van der Waals surface area (Å²) in [7, 11) is 0. The molecule has 0 bridgehead atoms. The average Bonchev–Trinajstić information content (AvgIpc) is 2.40.